The van der Waals surface area contributed by atoms with Gasteiger partial charge in [0, 0.05) is 21.5 Å². The van der Waals surface area contributed by atoms with Crippen molar-refractivity contribution in [3.8, 4) is 11.3 Å². The molecule has 2 aromatic heterocycles. The van der Waals surface area contributed by atoms with Gasteiger partial charge in [-0.2, -0.15) is 5.10 Å². The number of nitrogens with zero attached hydrogens (tertiary/aromatic N) is 4. The van der Waals surface area contributed by atoms with Gasteiger partial charge in [-0.3, -0.25) is 14.6 Å². The van der Waals surface area contributed by atoms with Gasteiger partial charge in [0.05, 0.1) is 47.6 Å². The minimum absolute atomic E-state index is 0.0402. The molecule has 0 aliphatic rings. The molecule has 4 rings (SSSR count). The van der Waals surface area contributed by atoms with Crippen LogP contribution in [0.2, 0.25) is 5.02 Å². The Morgan fingerprint density at radius 2 is 1.97 bits per heavy atom. The highest BCUT2D eigenvalue weighted by molar-refractivity contribution is 6.32. The van der Waals surface area contributed by atoms with Crippen LogP contribution in [0.4, 0.5) is 8.78 Å². The summed E-state index contributed by atoms with van der Waals surface area (Å²) in [5.74, 6) is -1.11. The second-order valence-electron chi connectivity index (χ2n) is 6.32. The van der Waals surface area contributed by atoms with Crippen LogP contribution >= 0.6 is 11.6 Å². The van der Waals surface area contributed by atoms with Crippen molar-refractivity contribution in [2.45, 2.75) is 13.0 Å². The number of halogens is 3. The van der Waals surface area contributed by atoms with Crippen LogP contribution in [0.15, 0.2) is 55.0 Å². The Bertz CT molecular complexity index is 1210. The average molecular weight is 415 g/mol. The summed E-state index contributed by atoms with van der Waals surface area (Å²) in [6.07, 6.45) is 1.97. The summed E-state index contributed by atoms with van der Waals surface area (Å²) < 4.78 is 27.3. The van der Waals surface area contributed by atoms with Gasteiger partial charge < -0.3 is 5.11 Å². The van der Waals surface area contributed by atoms with Crippen LogP contribution in [0.3, 0.4) is 0 Å². The van der Waals surface area contributed by atoms with Crippen LogP contribution in [-0.2, 0) is 6.54 Å². The Morgan fingerprint density at radius 1 is 1.14 bits per heavy atom. The number of hydrogen-bond acceptors (Lipinski definition) is 4. The predicted molar refractivity (Wildman–Crippen MR) is 103 cm³/mol. The lowest BCUT2D eigenvalue weighted by Crippen LogP contribution is -2.08. The van der Waals surface area contributed by atoms with E-state index < -0.39 is 12.4 Å². The zero-order valence-corrected chi connectivity index (χ0v) is 15.5. The monoisotopic (exact) mass is 414 g/mol. The number of carboxylic acids is 1. The van der Waals surface area contributed by atoms with Crippen LogP contribution in [0.1, 0.15) is 28.0 Å². The Morgan fingerprint density at radius 3 is 2.66 bits per heavy atom. The summed E-state index contributed by atoms with van der Waals surface area (Å²) in [6, 6.07) is 8.95. The third-order valence-corrected chi connectivity index (χ3v) is 4.60. The van der Waals surface area contributed by atoms with E-state index in [1.165, 1.54) is 41.5 Å². The Kier molecular flexibility index (Phi) is 4.94. The molecule has 0 spiro atoms. The molecule has 0 aliphatic carbocycles. The minimum atomic E-state index is -2.56. The maximum atomic E-state index is 12.9. The van der Waals surface area contributed by atoms with Crippen molar-refractivity contribution < 1.29 is 18.7 Å². The molecule has 2 aromatic carbocycles. The molecule has 0 fully saturated rings. The zero-order valence-electron chi connectivity index (χ0n) is 14.8. The lowest BCUT2D eigenvalue weighted by Gasteiger charge is -2.08. The molecule has 0 radical (unpaired) electrons. The number of alkyl halides is 2. The Hall–Kier alpha value is -3.39. The molecule has 9 heteroatoms. The summed E-state index contributed by atoms with van der Waals surface area (Å²) in [6.45, 7) is 0.190. The minimum Gasteiger partial charge on any atom is -0.478 e. The third-order valence-electron chi connectivity index (χ3n) is 4.38. The molecular weight excluding hydrogens is 402 g/mol. The van der Waals surface area contributed by atoms with Crippen molar-refractivity contribution in [2.24, 2.45) is 0 Å². The standard InChI is InChI=1S/C20H13ClF2N4O2/c21-14-5-13-7-26-27(18(13)16(6-14)20(28)29)10-15-8-25-17(9-24-15)11-2-1-3-12(4-11)19(22)23/h1-9,19H,10H2,(H,28,29). The molecule has 0 aliphatic heterocycles. The SMILES string of the molecule is O=C(O)c1cc(Cl)cc2cnn(Cc3cnc(-c4cccc(C(F)F)c4)cn3)c12. The fourth-order valence-electron chi connectivity index (χ4n) is 3.05. The number of benzene rings is 2. The van der Waals surface area contributed by atoms with E-state index in [2.05, 4.69) is 15.1 Å². The maximum absolute atomic E-state index is 12.9. The van der Waals surface area contributed by atoms with E-state index in [0.29, 0.717) is 32.9 Å². The summed E-state index contributed by atoms with van der Waals surface area (Å²) in [7, 11) is 0. The van der Waals surface area contributed by atoms with Gasteiger partial charge in [0.1, 0.15) is 0 Å². The lowest BCUT2D eigenvalue weighted by molar-refractivity contribution is 0.0698. The molecule has 0 atom stereocenters. The summed E-state index contributed by atoms with van der Waals surface area (Å²) in [4.78, 5) is 20.2. The molecular formula is C20H13ClF2N4O2. The van der Waals surface area contributed by atoms with Crippen molar-refractivity contribution in [3.63, 3.8) is 0 Å². The summed E-state index contributed by atoms with van der Waals surface area (Å²) >= 11 is 5.97. The van der Waals surface area contributed by atoms with E-state index in [0.717, 1.165) is 0 Å². The van der Waals surface area contributed by atoms with Crippen molar-refractivity contribution >= 4 is 28.5 Å². The van der Waals surface area contributed by atoms with Gasteiger partial charge in [-0.25, -0.2) is 13.6 Å². The van der Waals surface area contributed by atoms with Gasteiger partial charge in [-0.05, 0) is 18.2 Å². The number of hydrogen-bond donors (Lipinski definition) is 1. The van der Waals surface area contributed by atoms with Crippen molar-refractivity contribution in [1.29, 1.82) is 0 Å². The highest BCUT2D eigenvalue weighted by Gasteiger charge is 2.16. The summed E-state index contributed by atoms with van der Waals surface area (Å²) in [5.41, 5.74) is 1.91. The van der Waals surface area contributed by atoms with Crippen molar-refractivity contribution in [1.82, 2.24) is 19.7 Å². The number of rotatable bonds is 5. The fourth-order valence-corrected chi connectivity index (χ4v) is 3.28. The number of carboxylic acid groups (broad SMARTS) is 1. The van der Waals surface area contributed by atoms with E-state index in [1.807, 2.05) is 0 Å². The normalized spacial score (nSPS) is 11.3. The Balaban J connectivity index is 1.65. The van der Waals surface area contributed by atoms with Gasteiger partial charge in [0.25, 0.3) is 6.43 Å². The van der Waals surface area contributed by atoms with Crippen LogP contribution in [0.5, 0.6) is 0 Å². The van der Waals surface area contributed by atoms with E-state index in [9.17, 15) is 18.7 Å². The maximum Gasteiger partial charge on any atom is 0.337 e. The van der Waals surface area contributed by atoms with Gasteiger partial charge in [0.15, 0.2) is 0 Å². The smallest absolute Gasteiger partial charge is 0.337 e. The Labute approximate surface area is 168 Å². The van der Waals surface area contributed by atoms with E-state index in [-0.39, 0.29) is 17.7 Å². The number of fused-ring (bicyclic) bond motifs is 1. The first-order chi connectivity index (χ1) is 13.9. The second kappa shape index (κ2) is 7.56. The molecule has 2 heterocycles. The fraction of sp³-hybridized carbons (Fsp3) is 0.100. The first kappa shape index (κ1) is 18.9. The average Bonchev–Trinajstić information content (AvgIpc) is 3.10. The van der Waals surface area contributed by atoms with Gasteiger partial charge >= 0.3 is 5.97 Å². The number of aromatic nitrogens is 4. The van der Waals surface area contributed by atoms with Crippen LogP contribution in [0, 0.1) is 0 Å². The highest BCUT2D eigenvalue weighted by Crippen LogP contribution is 2.26. The van der Waals surface area contributed by atoms with Gasteiger partial charge in [-0.1, -0.05) is 29.8 Å². The predicted octanol–water partition coefficient (Wildman–Crippen LogP) is 4.83. The van der Waals surface area contributed by atoms with Crippen LogP contribution in [0.25, 0.3) is 22.2 Å². The lowest BCUT2D eigenvalue weighted by atomic mass is 10.1. The molecule has 0 amide bonds. The molecule has 6 nitrogen and oxygen atoms in total. The van der Waals surface area contributed by atoms with E-state index in [4.69, 9.17) is 11.6 Å². The topological polar surface area (TPSA) is 80.9 Å². The zero-order chi connectivity index (χ0) is 20.5. The van der Waals surface area contributed by atoms with Crippen molar-refractivity contribution in [2.75, 3.05) is 0 Å². The van der Waals surface area contributed by atoms with Crippen LogP contribution < -0.4 is 0 Å². The number of carbonyl (C=O) groups is 1. The van der Waals surface area contributed by atoms with E-state index in [1.54, 1.807) is 18.2 Å². The van der Waals surface area contributed by atoms with E-state index >= 15 is 0 Å². The molecule has 4 aromatic rings. The largest absolute Gasteiger partial charge is 0.478 e. The number of aromatic carboxylic acids is 1. The van der Waals surface area contributed by atoms with Crippen LogP contribution in [-0.4, -0.2) is 30.8 Å². The molecule has 0 bridgehead atoms. The molecule has 1 N–H and O–H groups in total. The van der Waals surface area contributed by atoms with Gasteiger partial charge in [0.2, 0.25) is 0 Å². The second-order valence-corrected chi connectivity index (χ2v) is 6.75. The molecule has 146 valence electrons. The third kappa shape index (κ3) is 3.79. The quantitative estimate of drug-likeness (QED) is 0.506. The first-order valence-electron chi connectivity index (χ1n) is 8.50. The molecule has 0 saturated carbocycles. The first-order valence-corrected chi connectivity index (χ1v) is 8.88. The molecule has 0 unspecified atom stereocenters. The summed E-state index contributed by atoms with van der Waals surface area (Å²) in [5, 5.41) is 14.6. The highest BCUT2D eigenvalue weighted by atomic mass is 35.5. The van der Waals surface area contributed by atoms with Gasteiger partial charge in [-0.15, -0.1) is 0 Å². The molecule has 29 heavy (non-hydrogen) atoms. The molecule has 0 saturated heterocycles. The van der Waals surface area contributed by atoms with Crippen molar-refractivity contribution in [3.05, 3.63) is 76.8 Å².